The van der Waals surface area contributed by atoms with Crippen LogP contribution in [0.1, 0.15) is 35.2 Å². The van der Waals surface area contributed by atoms with Crippen molar-refractivity contribution in [2.75, 3.05) is 5.32 Å². The quantitative estimate of drug-likeness (QED) is 0.751. The maximum absolute atomic E-state index is 13.0. The molecule has 0 saturated carbocycles. The van der Waals surface area contributed by atoms with Gasteiger partial charge in [-0.05, 0) is 44.6 Å². The molecule has 0 bridgehead atoms. The maximum atomic E-state index is 13.0. The third-order valence-electron chi connectivity index (χ3n) is 5.37. The van der Waals surface area contributed by atoms with Gasteiger partial charge in [-0.25, -0.2) is 4.98 Å². The van der Waals surface area contributed by atoms with Crippen molar-refractivity contribution in [3.8, 4) is 0 Å². The smallest absolute Gasteiger partial charge is 0.262 e. The maximum Gasteiger partial charge on any atom is 0.262 e. The molecular formula is C19H23N5O2S. The van der Waals surface area contributed by atoms with E-state index in [0.717, 1.165) is 41.0 Å². The number of carbonyl (C=O) groups excluding carboxylic acids is 1. The van der Waals surface area contributed by atoms with Crippen molar-refractivity contribution in [1.29, 1.82) is 0 Å². The number of aromatic nitrogens is 4. The molecule has 4 rings (SSSR count). The average molecular weight is 385 g/mol. The molecule has 3 heterocycles. The van der Waals surface area contributed by atoms with E-state index in [1.807, 2.05) is 20.9 Å². The van der Waals surface area contributed by atoms with Gasteiger partial charge in [-0.1, -0.05) is 6.92 Å². The molecule has 0 aliphatic heterocycles. The molecule has 8 heteroatoms. The second-order valence-corrected chi connectivity index (χ2v) is 8.51. The van der Waals surface area contributed by atoms with Gasteiger partial charge in [0.05, 0.1) is 28.8 Å². The number of carbonyl (C=O) groups is 1. The first-order chi connectivity index (χ1) is 12.8. The Kier molecular flexibility index (Phi) is 4.38. The third-order valence-corrected chi connectivity index (χ3v) is 6.53. The number of amides is 1. The average Bonchev–Trinajstić information content (AvgIpc) is 3.09. The SMILES string of the molecule is Cc1nn(C)c(C)c1NC(=O)Cn1cnc2sc3c(c2c1=O)CC[C@@H](C)C3. The number of nitrogens with one attached hydrogen (secondary N) is 1. The lowest BCUT2D eigenvalue weighted by atomic mass is 9.89. The third kappa shape index (κ3) is 3.07. The Labute approximate surface area is 161 Å². The van der Waals surface area contributed by atoms with Crippen LogP contribution in [0.25, 0.3) is 10.2 Å². The molecule has 7 nitrogen and oxygen atoms in total. The van der Waals surface area contributed by atoms with Crippen LogP contribution in [-0.4, -0.2) is 25.2 Å². The minimum atomic E-state index is -0.254. The summed E-state index contributed by atoms with van der Waals surface area (Å²) in [6, 6.07) is 0. The second kappa shape index (κ2) is 6.60. The highest BCUT2D eigenvalue weighted by Crippen LogP contribution is 2.35. The Bertz CT molecular complexity index is 1110. The van der Waals surface area contributed by atoms with Crippen molar-refractivity contribution >= 4 is 33.1 Å². The van der Waals surface area contributed by atoms with Crippen LogP contribution in [0.4, 0.5) is 5.69 Å². The van der Waals surface area contributed by atoms with E-state index in [1.165, 1.54) is 15.8 Å². The van der Waals surface area contributed by atoms with E-state index in [-0.39, 0.29) is 18.0 Å². The Balaban J connectivity index is 1.63. The molecule has 0 saturated heterocycles. The lowest BCUT2D eigenvalue weighted by Gasteiger charge is -2.17. The van der Waals surface area contributed by atoms with Gasteiger partial charge >= 0.3 is 0 Å². The van der Waals surface area contributed by atoms with Gasteiger partial charge in [-0.2, -0.15) is 5.10 Å². The fourth-order valence-electron chi connectivity index (χ4n) is 3.77. The van der Waals surface area contributed by atoms with Gasteiger partial charge in [-0.3, -0.25) is 18.8 Å². The fraction of sp³-hybridized carbons (Fsp3) is 0.474. The molecule has 27 heavy (non-hydrogen) atoms. The van der Waals surface area contributed by atoms with Crippen LogP contribution in [0.3, 0.4) is 0 Å². The van der Waals surface area contributed by atoms with Crippen LogP contribution in [-0.2, 0) is 31.2 Å². The molecular weight excluding hydrogens is 362 g/mol. The predicted molar refractivity (Wildman–Crippen MR) is 106 cm³/mol. The zero-order valence-electron chi connectivity index (χ0n) is 16.0. The molecule has 1 amide bonds. The minimum Gasteiger partial charge on any atom is -0.321 e. The summed E-state index contributed by atoms with van der Waals surface area (Å²) in [5.74, 6) is 0.389. The Morgan fingerprint density at radius 2 is 2.19 bits per heavy atom. The second-order valence-electron chi connectivity index (χ2n) is 7.43. The van der Waals surface area contributed by atoms with Gasteiger partial charge in [0.25, 0.3) is 5.56 Å². The first-order valence-electron chi connectivity index (χ1n) is 9.15. The lowest BCUT2D eigenvalue weighted by Crippen LogP contribution is -2.28. The Morgan fingerprint density at radius 1 is 1.41 bits per heavy atom. The van der Waals surface area contributed by atoms with E-state index in [4.69, 9.17) is 0 Å². The zero-order valence-corrected chi connectivity index (χ0v) is 16.8. The van der Waals surface area contributed by atoms with Gasteiger partial charge in [0.15, 0.2) is 0 Å². The van der Waals surface area contributed by atoms with Crippen LogP contribution in [0.2, 0.25) is 0 Å². The summed E-state index contributed by atoms with van der Waals surface area (Å²) in [5.41, 5.74) is 3.35. The highest BCUT2D eigenvalue weighted by Gasteiger charge is 2.23. The molecule has 3 aromatic heterocycles. The fourth-order valence-corrected chi connectivity index (χ4v) is 5.11. The summed E-state index contributed by atoms with van der Waals surface area (Å²) in [6.07, 6.45) is 4.50. The standard InChI is InChI=1S/C19H23N5O2S/c1-10-5-6-13-14(7-10)27-18-16(13)19(26)24(9-20-18)8-15(25)21-17-11(2)22-23(4)12(17)3/h9-10H,5-8H2,1-4H3,(H,21,25)/t10-/m1/s1. The molecule has 0 radical (unpaired) electrons. The first kappa shape index (κ1) is 17.9. The molecule has 142 valence electrons. The van der Waals surface area contributed by atoms with Gasteiger partial charge in [0.2, 0.25) is 5.91 Å². The predicted octanol–water partition coefficient (Wildman–Crippen LogP) is 2.57. The van der Waals surface area contributed by atoms with E-state index < -0.39 is 0 Å². The summed E-state index contributed by atoms with van der Waals surface area (Å²) in [7, 11) is 1.83. The van der Waals surface area contributed by atoms with E-state index >= 15 is 0 Å². The zero-order chi connectivity index (χ0) is 19.3. The van der Waals surface area contributed by atoms with Crippen molar-refractivity contribution < 1.29 is 4.79 Å². The van der Waals surface area contributed by atoms with Crippen LogP contribution in [0.15, 0.2) is 11.1 Å². The Morgan fingerprint density at radius 3 is 2.89 bits per heavy atom. The summed E-state index contributed by atoms with van der Waals surface area (Å²) in [5, 5.41) is 7.88. The Hall–Kier alpha value is -2.48. The van der Waals surface area contributed by atoms with Gasteiger partial charge in [0, 0.05) is 11.9 Å². The number of nitrogens with zero attached hydrogens (tertiary/aromatic N) is 4. The molecule has 1 atom stereocenters. The molecule has 0 spiro atoms. The minimum absolute atomic E-state index is 0.0590. The molecule has 0 fully saturated rings. The molecule has 3 aromatic rings. The van der Waals surface area contributed by atoms with Crippen molar-refractivity contribution in [3.63, 3.8) is 0 Å². The lowest BCUT2D eigenvalue weighted by molar-refractivity contribution is -0.116. The molecule has 0 unspecified atom stereocenters. The number of thiophene rings is 1. The molecule has 1 N–H and O–H groups in total. The summed E-state index contributed by atoms with van der Waals surface area (Å²) in [6.45, 7) is 5.93. The van der Waals surface area contributed by atoms with Gasteiger partial charge in [-0.15, -0.1) is 11.3 Å². The largest absolute Gasteiger partial charge is 0.321 e. The normalized spacial score (nSPS) is 16.5. The summed E-state index contributed by atoms with van der Waals surface area (Å²) >= 11 is 1.62. The summed E-state index contributed by atoms with van der Waals surface area (Å²) in [4.78, 5) is 32.0. The van der Waals surface area contributed by atoms with Crippen LogP contribution in [0.5, 0.6) is 0 Å². The molecule has 1 aliphatic rings. The van der Waals surface area contributed by atoms with E-state index in [0.29, 0.717) is 17.0 Å². The highest BCUT2D eigenvalue weighted by atomic mass is 32.1. The van der Waals surface area contributed by atoms with Crippen molar-refractivity contribution in [1.82, 2.24) is 19.3 Å². The first-order valence-corrected chi connectivity index (χ1v) is 9.96. The van der Waals surface area contributed by atoms with Crippen LogP contribution in [0, 0.1) is 19.8 Å². The number of hydrogen-bond acceptors (Lipinski definition) is 5. The monoisotopic (exact) mass is 385 g/mol. The van der Waals surface area contributed by atoms with Gasteiger partial charge < -0.3 is 5.32 Å². The van der Waals surface area contributed by atoms with E-state index in [9.17, 15) is 9.59 Å². The van der Waals surface area contributed by atoms with E-state index in [2.05, 4.69) is 22.3 Å². The topological polar surface area (TPSA) is 81.8 Å². The van der Waals surface area contributed by atoms with Crippen LogP contribution < -0.4 is 10.9 Å². The number of anilines is 1. The van der Waals surface area contributed by atoms with E-state index in [1.54, 1.807) is 16.0 Å². The number of rotatable bonds is 3. The van der Waals surface area contributed by atoms with Gasteiger partial charge in [0.1, 0.15) is 11.4 Å². The number of hydrogen-bond donors (Lipinski definition) is 1. The number of fused-ring (bicyclic) bond motifs is 3. The molecule has 0 aromatic carbocycles. The highest BCUT2D eigenvalue weighted by molar-refractivity contribution is 7.18. The van der Waals surface area contributed by atoms with Crippen molar-refractivity contribution in [3.05, 3.63) is 38.5 Å². The number of aryl methyl sites for hydroxylation is 3. The van der Waals surface area contributed by atoms with Crippen molar-refractivity contribution in [2.45, 2.75) is 46.6 Å². The van der Waals surface area contributed by atoms with Crippen LogP contribution >= 0.6 is 11.3 Å². The summed E-state index contributed by atoms with van der Waals surface area (Å²) < 4.78 is 3.13. The molecule has 1 aliphatic carbocycles. The van der Waals surface area contributed by atoms with Crippen molar-refractivity contribution in [2.24, 2.45) is 13.0 Å².